The second-order valence-electron chi connectivity index (χ2n) is 24.3. The normalized spacial score (nSPS) is 13.6. The molecule has 0 saturated carbocycles. The summed E-state index contributed by atoms with van der Waals surface area (Å²) in [5, 5.41) is 7.39. The van der Waals surface area contributed by atoms with Crippen molar-refractivity contribution in [1.29, 1.82) is 0 Å². The van der Waals surface area contributed by atoms with Crippen molar-refractivity contribution in [2.75, 3.05) is 14.7 Å². The molecule has 0 bridgehead atoms. The first-order valence-corrected chi connectivity index (χ1v) is 36.3. The summed E-state index contributed by atoms with van der Waals surface area (Å²) >= 11 is -4.96. The number of aromatic nitrogens is 3. The van der Waals surface area contributed by atoms with E-state index >= 15 is 0 Å². The molecule has 0 saturated heterocycles. The van der Waals surface area contributed by atoms with E-state index < -0.39 is 18.4 Å². The van der Waals surface area contributed by atoms with Crippen LogP contribution in [-0.4, -0.2) is 32.1 Å². The Labute approximate surface area is 513 Å². The number of benzene rings is 13. The minimum atomic E-state index is -4.96. The summed E-state index contributed by atoms with van der Waals surface area (Å²) in [6, 6.07) is 109. The molecule has 0 fully saturated rings. The summed E-state index contributed by atoms with van der Waals surface area (Å²) in [7, 11) is 0. The standard InChI is InChI=1S/C75H51N6.C6H5.Sn/c1-49-28-34-52(35-29-49)76-55-40-57(45-61(43-55)79-70-22-10-4-16-64(70)65-17-5-11-23-71(65)79)77(53-36-30-50(2)31-37-53)59-42-60(48-63(47-59)81-74-26-14-8-20-68(74)69-21-9-15-27-75(69)81)78(54-38-32-51(3)33-39-54)58-41-56(76)44-62(46-58)80-72-24-12-6-18-66(72)67-19-7-13-25-73(67)80;1-2-4-6-5-3-1;/h4-39,43-48H,1-3H3;1-5H;. The van der Waals surface area contributed by atoms with Gasteiger partial charge in [0.2, 0.25) is 0 Å². The van der Waals surface area contributed by atoms with Gasteiger partial charge in [-0.15, -0.1) is 0 Å². The van der Waals surface area contributed by atoms with Gasteiger partial charge in [0, 0.05) is 0 Å². The fraction of sp³-hybridized carbons (Fsp3) is 0.0370. The number of hydrogen-bond donors (Lipinski definition) is 0. The average Bonchev–Trinajstić information content (AvgIpc) is 0.965. The molecular formula is C81H56N6Sn. The number of para-hydroxylation sites is 6. The summed E-state index contributed by atoms with van der Waals surface area (Å²) in [6.07, 6.45) is 0. The van der Waals surface area contributed by atoms with Crippen LogP contribution in [0.25, 0.3) is 82.5 Å². The number of hydrogen-bond acceptors (Lipinski definition) is 3. The van der Waals surface area contributed by atoms with Gasteiger partial charge in [0.05, 0.1) is 0 Å². The Hall–Kier alpha value is -10.5. The van der Waals surface area contributed by atoms with Crippen molar-refractivity contribution in [3.8, 4) is 17.1 Å². The zero-order valence-corrected chi connectivity index (χ0v) is 51.7. The Balaban J connectivity index is 1.07. The second-order valence-corrected chi connectivity index (χ2v) is 34.5. The summed E-state index contributed by atoms with van der Waals surface area (Å²) in [4.78, 5) is 8.02. The maximum absolute atomic E-state index is 4.96. The zero-order chi connectivity index (χ0) is 58.1. The predicted octanol–water partition coefficient (Wildman–Crippen LogP) is 18.6. The van der Waals surface area contributed by atoms with Gasteiger partial charge in [-0.05, 0) is 0 Å². The van der Waals surface area contributed by atoms with Crippen molar-refractivity contribution in [1.82, 2.24) is 13.7 Å². The molecule has 0 unspecified atom stereocenters. The van der Waals surface area contributed by atoms with Crippen molar-refractivity contribution >= 4 is 149 Å². The van der Waals surface area contributed by atoms with Crippen molar-refractivity contribution < 1.29 is 0 Å². The van der Waals surface area contributed by atoms with Gasteiger partial charge in [-0.1, -0.05) is 0 Å². The third kappa shape index (κ3) is 6.72. The average molecular weight is 1230 g/mol. The molecule has 3 aliphatic rings. The zero-order valence-electron chi connectivity index (χ0n) is 48.8. The Bertz CT molecular complexity index is 4860. The van der Waals surface area contributed by atoms with Gasteiger partial charge < -0.3 is 0 Å². The van der Waals surface area contributed by atoms with Crippen molar-refractivity contribution in [2.45, 2.75) is 20.8 Å². The van der Waals surface area contributed by atoms with Crippen LogP contribution in [-0.2, 0) is 0 Å². The molecule has 88 heavy (non-hydrogen) atoms. The topological polar surface area (TPSA) is 24.5 Å². The van der Waals surface area contributed by atoms with E-state index in [9.17, 15) is 0 Å². The molecule has 0 radical (unpaired) electrons. The molecular weight excluding hydrogens is 1180 g/mol. The van der Waals surface area contributed by atoms with Crippen LogP contribution in [0.15, 0.2) is 285 Å². The van der Waals surface area contributed by atoms with Crippen LogP contribution >= 0.6 is 0 Å². The van der Waals surface area contributed by atoms with Crippen LogP contribution < -0.4 is 29.0 Å². The molecule has 7 heteroatoms. The molecule has 0 aliphatic carbocycles. The molecule has 0 amide bonds. The van der Waals surface area contributed by atoms with E-state index in [0.29, 0.717) is 0 Å². The van der Waals surface area contributed by atoms with Crippen LogP contribution in [0.5, 0.6) is 0 Å². The molecule has 0 atom stereocenters. The number of anilines is 9. The van der Waals surface area contributed by atoms with Crippen LogP contribution in [0.2, 0.25) is 0 Å². The first kappa shape index (κ1) is 49.7. The molecule has 19 rings (SSSR count). The van der Waals surface area contributed by atoms with E-state index in [1.54, 1.807) is 0 Å². The number of fused-ring (bicyclic) bond motifs is 9. The van der Waals surface area contributed by atoms with Crippen molar-refractivity contribution in [3.05, 3.63) is 302 Å². The second kappa shape index (κ2) is 18.5. The Morgan fingerprint density at radius 3 is 0.670 bits per heavy atom. The van der Waals surface area contributed by atoms with Gasteiger partial charge in [-0.25, -0.2) is 0 Å². The molecule has 6 heterocycles. The predicted molar refractivity (Wildman–Crippen MR) is 372 cm³/mol. The number of nitrogens with zero attached hydrogens (tertiary/aromatic N) is 6. The van der Waals surface area contributed by atoms with Crippen molar-refractivity contribution in [3.63, 3.8) is 0 Å². The first-order valence-electron chi connectivity index (χ1n) is 30.6. The maximum atomic E-state index is 2.67. The summed E-state index contributed by atoms with van der Waals surface area (Å²) < 4.78 is 13.3. The quantitative estimate of drug-likeness (QED) is 0.149. The van der Waals surface area contributed by atoms with Crippen molar-refractivity contribution in [2.24, 2.45) is 0 Å². The summed E-state index contributed by atoms with van der Waals surface area (Å²) in [6.45, 7) is 6.62. The van der Waals surface area contributed by atoms with Gasteiger partial charge in [0.25, 0.3) is 0 Å². The van der Waals surface area contributed by atoms with Gasteiger partial charge in [-0.2, -0.15) is 0 Å². The van der Waals surface area contributed by atoms with E-state index in [2.05, 4.69) is 334 Å². The first-order chi connectivity index (χ1) is 43.4. The van der Waals surface area contributed by atoms with Gasteiger partial charge in [0.1, 0.15) is 0 Å². The van der Waals surface area contributed by atoms with Crippen LogP contribution in [0, 0.1) is 20.8 Å². The fourth-order valence-corrected chi connectivity index (χ4v) is 32.1. The van der Waals surface area contributed by atoms with Gasteiger partial charge in [-0.3, -0.25) is 0 Å². The Morgan fingerprint density at radius 1 is 0.216 bits per heavy atom. The number of rotatable bonds is 7. The summed E-state index contributed by atoms with van der Waals surface area (Å²) in [5.41, 5.74) is 24.6. The van der Waals surface area contributed by atoms with E-state index in [-0.39, 0.29) is 0 Å². The SMILES string of the molecule is Cc1ccc(N2c3cc(-n4c5ccccc5c5ccccc54)cc4[c]3[Sn]3([c]5ccccc5)[c]5c2cc(-n2c6ccccc6c6ccccc62)cc5N(c2ccc(C)cc2)c2cc(-n5c6ccccc6c6ccccc65)cc([c]23)N4c2ccc(C)cc2)cc1. The fourth-order valence-electron chi connectivity index (χ4n) is 15.8. The van der Waals surface area contributed by atoms with E-state index in [4.69, 9.17) is 0 Å². The molecule has 3 aromatic heterocycles. The number of aryl methyl sites for hydroxylation is 3. The monoisotopic (exact) mass is 1230 g/mol. The van der Waals surface area contributed by atoms with Crippen LogP contribution in [0.4, 0.5) is 51.2 Å². The van der Waals surface area contributed by atoms with E-state index in [1.807, 2.05) is 0 Å². The van der Waals surface area contributed by atoms with Crippen LogP contribution in [0.3, 0.4) is 0 Å². The Kier molecular flexibility index (Phi) is 10.4. The minimum absolute atomic E-state index is 1.11. The molecule has 414 valence electrons. The van der Waals surface area contributed by atoms with Gasteiger partial charge >= 0.3 is 517 Å². The third-order valence-corrected chi connectivity index (χ3v) is 33.6. The van der Waals surface area contributed by atoms with E-state index in [0.717, 1.165) is 34.1 Å². The van der Waals surface area contributed by atoms with Gasteiger partial charge in [0.15, 0.2) is 0 Å². The molecule has 16 aromatic rings. The molecule has 0 spiro atoms. The van der Waals surface area contributed by atoms with Crippen LogP contribution in [0.1, 0.15) is 16.7 Å². The molecule has 13 aromatic carbocycles. The Morgan fingerprint density at radius 2 is 0.432 bits per heavy atom. The summed E-state index contributed by atoms with van der Waals surface area (Å²) in [5.74, 6) is 0. The molecule has 6 nitrogen and oxygen atoms in total. The molecule has 3 aliphatic heterocycles. The van der Waals surface area contributed by atoms with E-state index in [1.165, 1.54) is 131 Å². The molecule has 0 N–H and O–H groups in total. The third-order valence-electron chi connectivity index (χ3n) is 19.4.